The SMILES string of the molecule is CSc1nc(-c2cccs2)nc(C)c1C(=O)OCC(=O)Nc1ccc(CC#N)cc1. The highest BCUT2D eigenvalue weighted by molar-refractivity contribution is 7.98. The lowest BCUT2D eigenvalue weighted by Crippen LogP contribution is -2.22. The van der Waals surface area contributed by atoms with Crippen molar-refractivity contribution in [1.82, 2.24) is 9.97 Å². The summed E-state index contributed by atoms with van der Waals surface area (Å²) in [5, 5.41) is 13.8. The van der Waals surface area contributed by atoms with Crippen molar-refractivity contribution in [2.45, 2.75) is 18.4 Å². The van der Waals surface area contributed by atoms with Crippen LogP contribution >= 0.6 is 23.1 Å². The van der Waals surface area contributed by atoms with Crippen LogP contribution in [-0.4, -0.2) is 34.7 Å². The van der Waals surface area contributed by atoms with Crippen molar-refractivity contribution >= 4 is 40.7 Å². The third kappa shape index (κ3) is 5.23. The van der Waals surface area contributed by atoms with Crippen LogP contribution in [0.5, 0.6) is 0 Å². The summed E-state index contributed by atoms with van der Waals surface area (Å²) in [6.07, 6.45) is 2.12. The molecule has 3 rings (SSSR count). The van der Waals surface area contributed by atoms with Crippen molar-refractivity contribution in [3.8, 4) is 16.8 Å². The lowest BCUT2D eigenvalue weighted by atomic mass is 10.1. The average molecular weight is 439 g/mol. The molecule has 0 spiro atoms. The smallest absolute Gasteiger partial charge is 0.343 e. The van der Waals surface area contributed by atoms with Crippen LogP contribution < -0.4 is 5.32 Å². The van der Waals surface area contributed by atoms with Crippen molar-refractivity contribution in [2.24, 2.45) is 0 Å². The fraction of sp³-hybridized carbons (Fsp3) is 0.190. The van der Waals surface area contributed by atoms with E-state index in [0.717, 1.165) is 10.4 Å². The van der Waals surface area contributed by atoms with Gasteiger partial charge in [-0.3, -0.25) is 4.79 Å². The maximum absolute atomic E-state index is 12.6. The summed E-state index contributed by atoms with van der Waals surface area (Å²) in [5.74, 6) is -0.550. The molecule has 0 atom stereocenters. The number of nitrogens with zero attached hydrogens (tertiary/aromatic N) is 3. The number of nitrogens with one attached hydrogen (secondary N) is 1. The minimum absolute atomic E-state index is 0.261. The number of carbonyl (C=O) groups excluding carboxylic acids is 2. The van der Waals surface area contributed by atoms with Gasteiger partial charge >= 0.3 is 5.97 Å². The molecule has 9 heteroatoms. The molecule has 0 radical (unpaired) electrons. The summed E-state index contributed by atoms with van der Waals surface area (Å²) in [5.41, 5.74) is 2.17. The van der Waals surface area contributed by atoms with Gasteiger partial charge in [0, 0.05) is 5.69 Å². The Labute approximate surface area is 182 Å². The van der Waals surface area contributed by atoms with E-state index in [-0.39, 0.29) is 5.56 Å². The Morgan fingerprint density at radius 2 is 2.00 bits per heavy atom. The quantitative estimate of drug-likeness (QED) is 0.336. The van der Waals surface area contributed by atoms with Gasteiger partial charge < -0.3 is 10.1 Å². The summed E-state index contributed by atoms with van der Waals surface area (Å²) in [7, 11) is 0. The lowest BCUT2D eigenvalue weighted by molar-refractivity contribution is -0.119. The van der Waals surface area contributed by atoms with Gasteiger partial charge in [-0.1, -0.05) is 18.2 Å². The van der Waals surface area contributed by atoms with Gasteiger partial charge in [0.15, 0.2) is 12.4 Å². The number of thioether (sulfide) groups is 1. The van der Waals surface area contributed by atoms with E-state index in [4.69, 9.17) is 10.00 Å². The molecule has 1 aromatic carbocycles. The van der Waals surface area contributed by atoms with Crippen molar-refractivity contribution in [3.05, 3.63) is 58.6 Å². The highest BCUT2D eigenvalue weighted by atomic mass is 32.2. The normalized spacial score (nSPS) is 10.3. The van der Waals surface area contributed by atoms with Crippen LogP contribution in [0.15, 0.2) is 46.8 Å². The first-order valence-corrected chi connectivity index (χ1v) is 11.0. The van der Waals surface area contributed by atoms with Gasteiger partial charge in [-0.25, -0.2) is 14.8 Å². The summed E-state index contributed by atoms with van der Waals surface area (Å²) in [4.78, 5) is 34.5. The second kappa shape index (κ2) is 10.0. The van der Waals surface area contributed by atoms with E-state index in [1.54, 1.807) is 31.2 Å². The largest absolute Gasteiger partial charge is 0.452 e. The van der Waals surface area contributed by atoms with Gasteiger partial charge in [0.2, 0.25) is 0 Å². The maximum Gasteiger partial charge on any atom is 0.343 e. The highest BCUT2D eigenvalue weighted by Crippen LogP contribution is 2.27. The van der Waals surface area contributed by atoms with E-state index in [1.165, 1.54) is 23.1 Å². The zero-order valence-corrected chi connectivity index (χ0v) is 18.0. The molecule has 2 aromatic heterocycles. The lowest BCUT2D eigenvalue weighted by Gasteiger charge is -2.11. The zero-order chi connectivity index (χ0) is 21.5. The molecule has 2 heterocycles. The number of hydrogen-bond donors (Lipinski definition) is 1. The molecule has 7 nitrogen and oxygen atoms in total. The van der Waals surface area contributed by atoms with Crippen molar-refractivity contribution in [1.29, 1.82) is 5.26 Å². The van der Waals surface area contributed by atoms with Crippen molar-refractivity contribution in [2.75, 3.05) is 18.2 Å². The first-order chi connectivity index (χ1) is 14.5. The number of ether oxygens (including phenoxy) is 1. The number of thiophene rings is 1. The molecular formula is C21H18N4O3S2. The third-order valence-electron chi connectivity index (χ3n) is 4.05. The summed E-state index contributed by atoms with van der Waals surface area (Å²) >= 11 is 2.84. The Hall–Kier alpha value is -3.22. The van der Waals surface area contributed by atoms with Crippen LogP contribution in [0.3, 0.4) is 0 Å². The molecule has 0 aliphatic rings. The van der Waals surface area contributed by atoms with Gasteiger partial charge in [0.25, 0.3) is 5.91 Å². The summed E-state index contributed by atoms with van der Waals surface area (Å²) < 4.78 is 5.19. The fourth-order valence-corrected chi connectivity index (χ4v) is 3.91. The van der Waals surface area contributed by atoms with E-state index >= 15 is 0 Å². The number of amides is 1. The summed E-state index contributed by atoms with van der Waals surface area (Å²) in [6.45, 7) is 1.29. The number of aryl methyl sites for hydroxylation is 1. The van der Waals surface area contributed by atoms with Crippen LogP contribution in [0, 0.1) is 18.3 Å². The van der Waals surface area contributed by atoms with E-state index < -0.39 is 18.5 Å². The van der Waals surface area contributed by atoms with E-state index in [0.29, 0.717) is 28.7 Å². The molecule has 0 aliphatic heterocycles. The van der Waals surface area contributed by atoms with E-state index in [9.17, 15) is 9.59 Å². The zero-order valence-electron chi connectivity index (χ0n) is 16.3. The molecule has 30 heavy (non-hydrogen) atoms. The van der Waals surface area contributed by atoms with Crippen molar-refractivity contribution in [3.63, 3.8) is 0 Å². The first kappa shape index (κ1) is 21.5. The standard InChI is InChI=1S/C21H18N4O3S2/c1-13-18(20(29-2)25-19(23-13)16-4-3-11-30-16)21(27)28-12-17(26)24-15-7-5-14(6-8-15)9-10-22/h3-8,11H,9,12H2,1-2H3,(H,24,26). The van der Waals surface area contributed by atoms with Crippen molar-refractivity contribution < 1.29 is 14.3 Å². The van der Waals surface area contributed by atoms with Gasteiger partial charge in [0.1, 0.15) is 10.6 Å². The van der Waals surface area contributed by atoms with E-state index in [2.05, 4.69) is 21.4 Å². The topological polar surface area (TPSA) is 105 Å². The summed E-state index contributed by atoms with van der Waals surface area (Å²) in [6, 6.07) is 12.8. The predicted molar refractivity (Wildman–Crippen MR) is 117 cm³/mol. The van der Waals surface area contributed by atoms with Crippen LogP contribution in [0.2, 0.25) is 0 Å². The van der Waals surface area contributed by atoms with Gasteiger partial charge in [0.05, 0.1) is 23.1 Å². The number of aromatic nitrogens is 2. The second-order valence-electron chi connectivity index (χ2n) is 6.15. The van der Waals surface area contributed by atoms with Crippen LogP contribution in [0.25, 0.3) is 10.7 Å². The molecule has 0 saturated heterocycles. The Bertz CT molecular complexity index is 1090. The minimum Gasteiger partial charge on any atom is -0.452 e. The Kier molecular flexibility index (Phi) is 7.17. The Morgan fingerprint density at radius 3 is 2.63 bits per heavy atom. The second-order valence-corrected chi connectivity index (χ2v) is 7.89. The monoisotopic (exact) mass is 438 g/mol. The van der Waals surface area contributed by atoms with Gasteiger partial charge in [-0.15, -0.1) is 23.1 Å². The molecule has 1 N–H and O–H groups in total. The molecule has 1 amide bonds. The highest BCUT2D eigenvalue weighted by Gasteiger charge is 2.21. The number of esters is 1. The molecule has 0 bridgehead atoms. The number of nitriles is 1. The third-order valence-corrected chi connectivity index (χ3v) is 5.60. The Balaban J connectivity index is 1.65. The molecular weight excluding hydrogens is 420 g/mol. The van der Waals surface area contributed by atoms with Crippen LogP contribution in [-0.2, 0) is 16.0 Å². The predicted octanol–water partition coefficient (Wildman–Crippen LogP) is 4.10. The first-order valence-electron chi connectivity index (χ1n) is 8.91. The Morgan fingerprint density at radius 1 is 1.23 bits per heavy atom. The maximum atomic E-state index is 12.6. The van der Waals surface area contributed by atoms with Crippen LogP contribution in [0.4, 0.5) is 5.69 Å². The molecule has 0 saturated carbocycles. The molecule has 0 unspecified atom stereocenters. The van der Waals surface area contributed by atoms with E-state index in [1.807, 2.05) is 23.8 Å². The fourth-order valence-electron chi connectivity index (χ4n) is 2.64. The van der Waals surface area contributed by atoms with Gasteiger partial charge in [-0.2, -0.15) is 5.26 Å². The number of hydrogen-bond acceptors (Lipinski definition) is 8. The number of benzene rings is 1. The number of anilines is 1. The molecule has 3 aromatic rings. The molecule has 0 fully saturated rings. The van der Waals surface area contributed by atoms with Gasteiger partial charge in [-0.05, 0) is 42.3 Å². The average Bonchev–Trinajstić information content (AvgIpc) is 3.28. The minimum atomic E-state index is -0.644. The number of carbonyl (C=O) groups is 2. The molecule has 152 valence electrons. The van der Waals surface area contributed by atoms with Crippen LogP contribution in [0.1, 0.15) is 21.6 Å². The molecule has 0 aliphatic carbocycles. The number of rotatable bonds is 7.